The van der Waals surface area contributed by atoms with E-state index in [1.807, 2.05) is 0 Å². The van der Waals surface area contributed by atoms with E-state index < -0.39 is 0 Å². The molecule has 0 bridgehead atoms. The highest BCUT2D eigenvalue weighted by Gasteiger charge is 2.28. The van der Waals surface area contributed by atoms with E-state index in [1.54, 1.807) is 7.11 Å². The Kier molecular flexibility index (Phi) is 4.18. The third-order valence-electron chi connectivity index (χ3n) is 3.81. The molecule has 0 aromatic heterocycles. The third-order valence-corrected chi connectivity index (χ3v) is 3.81. The Balaban J connectivity index is 1.65. The Bertz CT molecular complexity index is 241. The van der Waals surface area contributed by atoms with E-state index in [2.05, 4.69) is 10.6 Å². The first-order valence-corrected chi connectivity index (χ1v) is 6.32. The molecule has 1 aliphatic carbocycles. The molecule has 1 saturated carbocycles. The normalized spacial score (nSPS) is 30.1. The van der Waals surface area contributed by atoms with Crippen LogP contribution in [0.3, 0.4) is 0 Å². The van der Waals surface area contributed by atoms with Gasteiger partial charge in [0.05, 0.1) is 12.1 Å². The van der Waals surface area contributed by atoms with E-state index in [0.717, 1.165) is 25.4 Å². The lowest BCUT2D eigenvalue weighted by Crippen LogP contribution is -2.43. The van der Waals surface area contributed by atoms with Crippen LogP contribution in [0.25, 0.3) is 0 Å². The number of carbonyl (C=O) groups is 1. The molecule has 1 heterocycles. The van der Waals surface area contributed by atoms with Crippen LogP contribution in [-0.4, -0.2) is 38.3 Å². The van der Waals surface area contributed by atoms with Crippen molar-refractivity contribution in [2.24, 2.45) is 5.92 Å². The van der Waals surface area contributed by atoms with E-state index >= 15 is 0 Å². The van der Waals surface area contributed by atoms with Gasteiger partial charge in [-0.3, -0.25) is 4.79 Å². The lowest BCUT2D eigenvalue weighted by Gasteiger charge is -2.25. The summed E-state index contributed by atoms with van der Waals surface area (Å²) in [6.45, 7) is 1.66. The largest absolute Gasteiger partial charge is 0.378 e. The minimum Gasteiger partial charge on any atom is -0.378 e. The second-order valence-electron chi connectivity index (χ2n) is 4.94. The van der Waals surface area contributed by atoms with Crippen molar-refractivity contribution >= 4 is 5.91 Å². The summed E-state index contributed by atoms with van der Waals surface area (Å²) in [4.78, 5) is 11.7. The zero-order chi connectivity index (χ0) is 11.4. The molecule has 4 heteroatoms. The Hall–Kier alpha value is -0.610. The van der Waals surface area contributed by atoms with E-state index in [-0.39, 0.29) is 18.1 Å². The summed E-state index contributed by atoms with van der Waals surface area (Å²) in [5, 5.41) is 6.28. The number of methoxy groups -OCH3 is 1. The summed E-state index contributed by atoms with van der Waals surface area (Å²) >= 11 is 0. The zero-order valence-corrected chi connectivity index (χ0v) is 10.00. The van der Waals surface area contributed by atoms with Crippen LogP contribution in [0.5, 0.6) is 0 Å². The molecule has 1 saturated heterocycles. The minimum absolute atomic E-state index is 0.132. The molecule has 1 aliphatic heterocycles. The van der Waals surface area contributed by atoms with Gasteiger partial charge in [0, 0.05) is 26.6 Å². The smallest absolute Gasteiger partial charge is 0.220 e. The van der Waals surface area contributed by atoms with Crippen LogP contribution >= 0.6 is 0 Å². The van der Waals surface area contributed by atoms with Gasteiger partial charge in [0.25, 0.3) is 0 Å². The quantitative estimate of drug-likeness (QED) is 0.724. The van der Waals surface area contributed by atoms with Crippen molar-refractivity contribution in [3.8, 4) is 0 Å². The van der Waals surface area contributed by atoms with Gasteiger partial charge in [-0.15, -0.1) is 0 Å². The first-order valence-electron chi connectivity index (χ1n) is 6.32. The van der Waals surface area contributed by atoms with Crippen LogP contribution in [0.1, 0.15) is 32.1 Å². The third kappa shape index (κ3) is 2.95. The topological polar surface area (TPSA) is 50.4 Å². The summed E-state index contributed by atoms with van der Waals surface area (Å²) in [7, 11) is 1.70. The van der Waals surface area contributed by atoms with Crippen molar-refractivity contribution in [3.05, 3.63) is 0 Å². The SMILES string of the molecule is CO[C@H]1CNC[C@H]1NC(=O)CCC1CCC1. The van der Waals surface area contributed by atoms with Crippen LogP contribution in [-0.2, 0) is 9.53 Å². The van der Waals surface area contributed by atoms with Crippen LogP contribution in [0.2, 0.25) is 0 Å². The van der Waals surface area contributed by atoms with E-state index in [1.165, 1.54) is 19.3 Å². The van der Waals surface area contributed by atoms with E-state index in [9.17, 15) is 4.79 Å². The Morgan fingerprint density at radius 2 is 2.25 bits per heavy atom. The number of hydrogen-bond acceptors (Lipinski definition) is 3. The molecule has 92 valence electrons. The van der Waals surface area contributed by atoms with Gasteiger partial charge in [-0.2, -0.15) is 0 Å². The van der Waals surface area contributed by atoms with Crippen LogP contribution in [0.15, 0.2) is 0 Å². The van der Waals surface area contributed by atoms with Crippen LogP contribution < -0.4 is 10.6 Å². The maximum atomic E-state index is 11.7. The Morgan fingerprint density at radius 1 is 1.44 bits per heavy atom. The lowest BCUT2D eigenvalue weighted by atomic mass is 9.82. The van der Waals surface area contributed by atoms with Crippen LogP contribution in [0.4, 0.5) is 0 Å². The Morgan fingerprint density at radius 3 is 2.88 bits per heavy atom. The predicted octanol–water partition coefficient (Wildman–Crippen LogP) is 0.670. The van der Waals surface area contributed by atoms with Gasteiger partial charge < -0.3 is 15.4 Å². The molecule has 2 fully saturated rings. The van der Waals surface area contributed by atoms with Crippen molar-refractivity contribution in [1.29, 1.82) is 0 Å². The average molecular weight is 226 g/mol. The lowest BCUT2D eigenvalue weighted by molar-refractivity contribution is -0.122. The maximum Gasteiger partial charge on any atom is 0.220 e. The standard InChI is InChI=1S/C12H22N2O2/c1-16-11-8-13-7-10(11)14-12(15)6-5-9-3-2-4-9/h9-11,13H,2-8H2,1H3,(H,14,15)/t10-,11+/m1/s1. The van der Waals surface area contributed by atoms with Gasteiger partial charge in [0.1, 0.15) is 0 Å². The van der Waals surface area contributed by atoms with Crippen molar-refractivity contribution in [2.45, 2.75) is 44.2 Å². The van der Waals surface area contributed by atoms with Gasteiger partial charge in [0.15, 0.2) is 0 Å². The van der Waals surface area contributed by atoms with Crippen molar-refractivity contribution in [1.82, 2.24) is 10.6 Å². The highest BCUT2D eigenvalue weighted by atomic mass is 16.5. The fourth-order valence-corrected chi connectivity index (χ4v) is 2.44. The number of amides is 1. The molecule has 16 heavy (non-hydrogen) atoms. The first kappa shape index (κ1) is 11.9. The monoisotopic (exact) mass is 226 g/mol. The molecular weight excluding hydrogens is 204 g/mol. The number of carbonyl (C=O) groups excluding carboxylic acids is 1. The van der Waals surface area contributed by atoms with Gasteiger partial charge in [-0.1, -0.05) is 19.3 Å². The second-order valence-corrected chi connectivity index (χ2v) is 4.94. The molecule has 0 spiro atoms. The Labute approximate surface area is 97.1 Å². The van der Waals surface area contributed by atoms with Crippen LogP contribution in [0, 0.1) is 5.92 Å². The minimum atomic E-state index is 0.132. The molecular formula is C12H22N2O2. The highest BCUT2D eigenvalue weighted by Crippen LogP contribution is 2.30. The molecule has 0 radical (unpaired) electrons. The van der Waals surface area contributed by atoms with E-state index in [0.29, 0.717) is 6.42 Å². The number of hydrogen-bond donors (Lipinski definition) is 2. The zero-order valence-electron chi connectivity index (χ0n) is 10.00. The van der Waals surface area contributed by atoms with Gasteiger partial charge in [-0.25, -0.2) is 0 Å². The molecule has 2 rings (SSSR count). The van der Waals surface area contributed by atoms with Gasteiger partial charge in [0.2, 0.25) is 5.91 Å². The fourth-order valence-electron chi connectivity index (χ4n) is 2.44. The number of ether oxygens (including phenoxy) is 1. The summed E-state index contributed by atoms with van der Waals surface area (Å²) in [6, 6.07) is 0.152. The molecule has 1 amide bonds. The average Bonchev–Trinajstić information content (AvgIpc) is 2.62. The van der Waals surface area contributed by atoms with Crippen molar-refractivity contribution in [2.75, 3.05) is 20.2 Å². The van der Waals surface area contributed by atoms with Gasteiger partial charge in [-0.05, 0) is 12.3 Å². The first-order chi connectivity index (χ1) is 7.79. The van der Waals surface area contributed by atoms with Crippen molar-refractivity contribution in [3.63, 3.8) is 0 Å². The molecule has 0 aromatic rings. The molecule has 0 unspecified atom stereocenters. The molecule has 4 nitrogen and oxygen atoms in total. The molecule has 0 aromatic carbocycles. The number of rotatable bonds is 5. The second kappa shape index (κ2) is 5.64. The fraction of sp³-hybridized carbons (Fsp3) is 0.917. The van der Waals surface area contributed by atoms with Crippen molar-refractivity contribution < 1.29 is 9.53 Å². The summed E-state index contributed by atoms with van der Waals surface area (Å²) < 4.78 is 5.31. The molecule has 2 atom stereocenters. The summed E-state index contributed by atoms with van der Waals surface area (Å²) in [6.07, 6.45) is 5.86. The van der Waals surface area contributed by atoms with E-state index in [4.69, 9.17) is 4.74 Å². The predicted molar refractivity (Wildman–Crippen MR) is 62.2 cm³/mol. The molecule has 2 aliphatic rings. The van der Waals surface area contributed by atoms with Gasteiger partial charge >= 0.3 is 0 Å². The maximum absolute atomic E-state index is 11.7. The summed E-state index contributed by atoms with van der Waals surface area (Å²) in [5.74, 6) is 0.994. The number of nitrogens with one attached hydrogen (secondary N) is 2. The summed E-state index contributed by atoms with van der Waals surface area (Å²) in [5.41, 5.74) is 0. The molecule has 2 N–H and O–H groups in total. The highest BCUT2D eigenvalue weighted by molar-refractivity contribution is 5.76.